The lowest BCUT2D eigenvalue weighted by molar-refractivity contribution is -0.117. The smallest absolute Gasteiger partial charge is 0.238 e. The van der Waals surface area contributed by atoms with Gasteiger partial charge in [0.05, 0.1) is 24.2 Å². The van der Waals surface area contributed by atoms with Crippen LogP contribution < -0.4 is 10.1 Å². The number of carbonyl (C=O) groups excluding carboxylic acids is 1. The average molecular weight is 423 g/mol. The lowest BCUT2D eigenvalue weighted by Gasteiger charge is -2.31. The van der Waals surface area contributed by atoms with Crippen LogP contribution in [-0.2, 0) is 4.79 Å². The molecule has 1 aliphatic heterocycles. The first-order valence-electron chi connectivity index (χ1n) is 9.94. The Balaban J connectivity index is 1.34. The van der Waals surface area contributed by atoms with Gasteiger partial charge in [0.2, 0.25) is 5.91 Å². The number of fused-ring (bicyclic) bond motifs is 1. The quantitative estimate of drug-likeness (QED) is 0.633. The number of likely N-dealkylation sites (tertiary alicyclic amines) is 1. The second-order valence-electron chi connectivity index (χ2n) is 7.56. The van der Waals surface area contributed by atoms with Crippen LogP contribution in [0.25, 0.3) is 10.9 Å². The molecule has 1 fully saturated rings. The monoisotopic (exact) mass is 422 g/mol. The largest absolute Gasteiger partial charge is 0.497 e. The number of ether oxygens (including phenoxy) is 1. The fourth-order valence-electron chi connectivity index (χ4n) is 4.08. The summed E-state index contributed by atoms with van der Waals surface area (Å²) < 4.78 is 5.37. The highest BCUT2D eigenvalue weighted by Crippen LogP contribution is 2.34. The Hall–Kier alpha value is -3.01. The number of hydrogen-bond donors (Lipinski definition) is 2. The predicted molar refractivity (Wildman–Crippen MR) is 118 cm³/mol. The van der Waals surface area contributed by atoms with E-state index >= 15 is 0 Å². The van der Waals surface area contributed by atoms with Crippen molar-refractivity contribution in [3.8, 4) is 11.8 Å². The molecular weight excluding hydrogens is 400 g/mol. The van der Waals surface area contributed by atoms with Crippen molar-refractivity contribution in [2.24, 2.45) is 0 Å². The van der Waals surface area contributed by atoms with Crippen molar-refractivity contribution in [3.63, 3.8) is 0 Å². The van der Waals surface area contributed by atoms with Crippen LogP contribution in [0, 0.1) is 11.3 Å². The molecule has 0 spiro atoms. The maximum Gasteiger partial charge on any atom is 0.238 e. The second kappa shape index (κ2) is 8.78. The van der Waals surface area contributed by atoms with Crippen molar-refractivity contribution in [2.45, 2.75) is 18.8 Å². The van der Waals surface area contributed by atoms with Crippen molar-refractivity contribution in [1.29, 1.82) is 5.26 Å². The van der Waals surface area contributed by atoms with Gasteiger partial charge in [0, 0.05) is 22.8 Å². The zero-order chi connectivity index (χ0) is 21.1. The SMILES string of the molecule is COc1ccc2[nH]cc(C3CCN(CC(=O)Nc4ccc(C#N)c(Cl)c4)CC3)c2c1. The van der Waals surface area contributed by atoms with E-state index in [1.165, 1.54) is 10.9 Å². The Labute approximate surface area is 180 Å². The Morgan fingerprint density at radius 2 is 2.10 bits per heavy atom. The highest BCUT2D eigenvalue weighted by atomic mass is 35.5. The molecule has 0 aliphatic carbocycles. The average Bonchev–Trinajstić information content (AvgIpc) is 3.17. The molecule has 4 rings (SSSR count). The van der Waals surface area contributed by atoms with Crippen LogP contribution in [0.5, 0.6) is 5.75 Å². The first kappa shape index (κ1) is 20.3. The number of benzene rings is 2. The number of H-pyrrole nitrogens is 1. The summed E-state index contributed by atoms with van der Waals surface area (Å²) in [5, 5.41) is 13.4. The van der Waals surface area contributed by atoms with E-state index in [0.29, 0.717) is 28.7 Å². The van der Waals surface area contributed by atoms with Crippen LogP contribution in [0.4, 0.5) is 5.69 Å². The standard InChI is InChI=1S/C23H23ClN4O2/c1-30-18-4-5-22-19(11-18)20(13-26-22)15-6-8-28(9-7-15)14-23(29)27-17-3-2-16(12-25)21(24)10-17/h2-5,10-11,13,15,26H,6-9,14H2,1H3,(H,27,29). The molecule has 2 N–H and O–H groups in total. The summed E-state index contributed by atoms with van der Waals surface area (Å²) in [5.41, 5.74) is 3.44. The Morgan fingerprint density at radius 1 is 1.30 bits per heavy atom. The second-order valence-corrected chi connectivity index (χ2v) is 7.97. The molecule has 1 amide bonds. The number of anilines is 1. The molecule has 0 radical (unpaired) electrons. The highest BCUT2D eigenvalue weighted by Gasteiger charge is 2.24. The van der Waals surface area contributed by atoms with E-state index in [1.807, 2.05) is 18.2 Å². The fourth-order valence-corrected chi connectivity index (χ4v) is 4.30. The number of aromatic amines is 1. The number of carbonyl (C=O) groups is 1. The van der Waals surface area contributed by atoms with E-state index in [1.54, 1.807) is 25.3 Å². The third-order valence-corrected chi connectivity index (χ3v) is 6.00. The van der Waals surface area contributed by atoms with E-state index in [0.717, 1.165) is 37.2 Å². The minimum Gasteiger partial charge on any atom is -0.497 e. The number of nitrogens with one attached hydrogen (secondary N) is 2. The van der Waals surface area contributed by atoms with Gasteiger partial charge in [0.25, 0.3) is 0 Å². The summed E-state index contributed by atoms with van der Waals surface area (Å²) >= 11 is 6.04. The number of methoxy groups -OCH3 is 1. The maximum absolute atomic E-state index is 12.4. The molecule has 1 aromatic heterocycles. The van der Waals surface area contributed by atoms with Gasteiger partial charge in [-0.05, 0) is 73.8 Å². The first-order chi connectivity index (χ1) is 14.6. The fraction of sp³-hybridized carbons (Fsp3) is 0.304. The van der Waals surface area contributed by atoms with Gasteiger partial charge in [-0.15, -0.1) is 0 Å². The minimum atomic E-state index is -0.0777. The van der Waals surface area contributed by atoms with E-state index in [9.17, 15) is 4.79 Å². The number of amides is 1. The molecule has 154 valence electrons. The Bertz CT molecular complexity index is 1110. The van der Waals surface area contributed by atoms with Crippen LogP contribution in [0.15, 0.2) is 42.6 Å². The highest BCUT2D eigenvalue weighted by molar-refractivity contribution is 6.32. The number of halogens is 1. The van der Waals surface area contributed by atoms with Gasteiger partial charge in [-0.2, -0.15) is 5.26 Å². The molecule has 6 nitrogen and oxygen atoms in total. The number of hydrogen-bond acceptors (Lipinski definition) is 4. The summed E-state index contributed by atoms with van der Waals surface area (Å²) in [6.07, 6.45) is 4.10. The van der Waals surface area contributed by atoms with Crippen LogP contribution in [-0.4, -0.2) is 42.5 Å². The van der Waals surface area contributed by atoms with Crippen LogP contribution >= 0.6 is 11.6 Å². The van der Waals surface area contributed by atoms with E-state index in [2.05, 4.69) is 27.5 Å². The van der Waals surface area contributed by atoms with Crippen molar-refractivity contribution in [3.05, 3.63) is 58.7 Å². The summed E-state index contributed by atoms with van der Waals surface area (Å²) in [4.78, 5) is 18.0. The molecule has 7 heteroatoms. The number of piperidine rings is 1. The maximum atomic E-state index is 12.4. The first-order valence-corrected chi connectivity index (χ1v) is 10.3. The van der Waals surface area contributed by atoms with Crippen molar-refractivity contribution in [2.75, 3.05) is 32.1 Å². The third kappa shape index (κ3) is 4.28. The molecule has 1 saturated heterocycles. The summed E-state index contributed by atoms with van der Waals surface area (Å²) in [6.45, 7) is 2.07. The lowest BCUT2D eigenvalue weighted by atomic mass is 9.89. The van der Waals surface area contributed by atoms with Gasteiger partial charge in [0.1, 0.15) is 11.8 Å². The summed E-state index contributed by atoms with van der Waals surface area (Å²) in [5.74, 6) is 1.24. The van der Waals surface area contributed by atoms with Crippen molar-refractivity contribution >= 4 is 34.1 Å². The van der Waals surface area contributed by atoms with Crippen molar-refractivity contribution in [1.82, 2.24) is 9.88 Å². The molecule has 0 atom stereocenters. The normalized spacial score (nSPS) is 15.1. The molecule has 30 heavy (non-hydrogen) atoms. The molecule has 1 aliphatic rings. The van der Waals surface area contributed by atoms with Crippen LogP contribution in [0.1, 0.15) is 29.9 Å². The number of nitrogens with zero attached hydrogens (tertiary/aromatic N) is 2. The molecule has 0 bridgehead atoms. The van der Waals surface area contributed by atoms with E-state index in [4.69, 9.17) is 21.6 Å². The van der Waals surface area contributed by atoms with Gasteiger partial charge in [-0.3, -0.25) is 9.69 Å². The molecular formula is C23H23ClN4O2. The Kier molecular flexibility index (Phi) is 5.93. The van der Waals surface area contributed by atoms with Crippen LogP contribution in [0.3, 0.4) is 0 Å². The van der Waals surface area contributed by atoms with E-state index < -0.39 is 0 Å². The summed E-state index contributed by atoms with van der Waals surface area (Å²) in [7, 11) is 1.68. The Morgan fingerprint density at radius 3 is 2.80 bits per heavy atom. The molecule has 2 aromatic carbocycles. The molecule has 3 aromatic rings. The van der Waals surface area contributed by atoms with Gasteiger partial charge in [0.15, 0.2) is 0 Å². The van der Waals surface area contributed by atoms with Gasteiger partial charge < -0.3 is 15.0 Å². The van der Waals surface area contributed by atoms with Gasteiger partial charge in [-0.25, -0.2) is 0 Å². The lowest BCUT2D eigenvalue weighted by Crippen LogP contribution is -2.38. The topological polar surface area (TPSA) is 81.2 Å². The zero-order valence-corrected chi connectivity index (χ0v) is 17.5. The van der Waals surface area contributed by atoms with Gasteiger partial charge >= 0.3 is 0 Å². The molecule has 0 saturated carbocycles. The predicted octanol–water partition coefficient (Wildman–Crippen LogP) is 4.52. The van der Waals surface area contributed by atoms with Gasteiger partial charge in [-0.1, -0.05) is 11.6 Å². The minimum absolute atomic E-state index is 0.0777. The molecule has 0 unspecified atom stereocenters. The van der Waals surface area contributed by atoms with Crippen LogP contribution in [0.2, 0.25) is 5.02 Å². The number of nitriles is 1. The number of rotatable bonds is 5. The number of aromatic nitrogens is 1. The zero-order valence-electron chi connectivity index (χ0n) is 16.7. The van der Waals surface area contributed by atoms with Crippen molar-refractivity contribution < 1.29 is 9.53 Å². The molecule has 2 heterocycles. The summed E-state index contributed by atoms with van der Waals surface area (Å²) in [6, 6.07) is 13.0. The third-order valence-electron chi connectivity index (χ3n) is 5.69. The van der Waals surface area contributed by atoms with E-state index in [-0.39, 0.29) is 5.91 Å².